The highest BCUT2D eigenvalue weighted by Gasteiger charge is 2.29. The maximum atomic E-state index is 13.2. The van der Waals surface area contributed by atoms with Crippen molar-refractivity contribution in [1.29, 1.82) is 0 Å². The molecular formula is C21H26N2O3S. The Morgan fingerprint density at radius 1 is 1.00 bits per heavy atom. The molecule has 0 unspecified atom stereocenters. The largest absolute Gasteiger partial charge is 0.342 e. The zero-order chi connectivity index (χ0) is 19.3. The average Bonchev–Trinajstić information content (AvgIpc) is 2.69. The van der Waals surface area contributed by atoms with E-state index in [4.69, 9.17) is 0 Å². The van der Waals surface area contributed by atoms with Crippen LogP contribution in [0.5, 0.6) is 0 Å². The number of rotatable bonds is 6. The molecule has 5 nitrogen and oxygen atoms in total. The summed E-state index contributed by atoms with van der Waals surface area (Å²) in [6, 6.07) is 17.7. The van der Waals surface area contributed by atoms with Crippen LogP contribution in [0.15, 0.2) is 65.6 Å². The zero-order valence-electron chi connectivity index (χ0n) is 15.6. The molecule has 0 atom stereocenters. The molecule has 1 aliphatic heterocycles. The molecule has 6 heteroatoms. The lowest BCUT2D eigenvalue weighted by molar-refractivity contribution is -0.132. The summed E-state index contributed by atoms with van der Waals surface area (Å²) >= 11 is 0. The van der Waals surface area contributed by atoms with E-state index >= 15 is 0 Å². The Hall–Kier alpha value is -2.18. The van der Waals surface area contributed by atoms with Crippen molar-refractivity contribution in [2.45, 2.75) is 31.2 Å². The first-order valence-corrected chi connectivity index (χ1v) is 10.8. The van der Waals surface area contributed by atoms with Crippen LogP contribution >= 0.6 is 0 Å². The standard InChI is InChI=1S/C21H26N2O3S/c1-18-12-14-22(15-13-18)21(24)17-23(16-19-8-4-2-5-9-19)27(25,26)20-10-6-3-7-11-20/h2-11,18H,12-17H2,1H3. The number of sulfonamides is 1. The molecular weight excluding hydrogens is 360 g/mol. The van der Waals surface area contributed by atoms with Crippen LogP contribution in [0.4, 0.5) is 0 Å². The van der Waals surface area contributed by atoms with Gasteiger partial charge in [0.05, 0.1) is 11.4 Å². The van der Waals surface area contributed by atoms with Crippen LogP contribution in [0.25, 0.3) is 0 Å². The molecule has 0 aliphatic carbocycles. The number of benzene rings is 2. The number of carbonyl (C=O) groups excluding carboxylic acids is 1. The normalized spacial score (nSPS) is 15.9. The Kier molecular flexibility index (Phi) is 6.29. The van der Waals surface area contributed by atoms with Crippen LogP contribution in [-0.4, -0.2) is 43.2 Å². The van der Waals surface area contributed by atoms with Crippen LogP contribution in [0.3, 0.4) is 0 Å². The lowest BCUT2D eigenvalue weighted by Crippen LogP contribution is -2.45. The Labute approximate surface area is 161 Å². The summed E-state index contributed by atoms with van der Waals surface area (Å²) in [5, 5.41) is 0. The third-order valence-corrected chi connectivity index (χ3v) is 6.84. The molecule has 1 fully saturated rings. The summed E-state index contributed by atoms with van der Waals surface area (Å²) < 4.78 is 27.6. The van der Waals surface area contributed by atoms with Crippen LogP contribution in [-0.2, 0) is 21.4 Å². The predicted molar refractivity (Wildman–Crippen MR) is 105 cm³/mol. The fourth-order valence-electron chi connectivity index (χ4n) is 3.26. The average molecular weight is 387 g/mol. The summed E-state index contributed by atoms with van der Waals surface area (Å²) in [6.45, 7) is 3.62. The van der Waals surface area contributed by atoms with E-state index in [2.05, 4.69) is 6.92 Å². The van der Waals surface area contributed by atoms with Gasteiger partial charge in [-0.15, -0.1) is 0 Å². The molecule has 0 aromatic heterocycles. The van der Waals surface area contributed by atoms with E-state index in [-0.39, 0.29) is 23.9 Å². The van der Waals surface area contributed by atoms with Gasteiger partial charge in [0.15, 0.2) is 0 Å². The van der Waals surface area contributed by atoms with E-state index in [0.717, 1.165) is 18.4 Å². The molecule has 0 N–H and O–H groups in total. The highest BCUT2D eigenvalue weighted by molar-refractivity contribution is 7.89. The number of likely N-dealkylation sites (tertiary alicyclic amines) is 1. The molecule has 27 heavy (non-hydrogen) atoms. The second-order valence-corrected chi connectivity index (χ2v) is 9.07. The number of piperidine rings is 1. The van der Waals surface area contributed by atoms with Crippen LogP contribution in [0, 0.1) is 5.92 Å². The van der Waals surface area contributed by atoms with Gasteiger partial charge in [-0.1, -0.05) is 55.5 Å². The molecule has 144 valence electrons. The Morgan fingerprint density at radius 3 is 2.15 bits per heavy atom. The highest BCUT2D eigenvalue weighted by Crippen LogP contribution is 2.20. The second-order valence-electron chi connectivity index (χ2n) is 7.14. The van der Waals surface area contributed by atoms with Crippen molar-refractivity contribution in [3.8, 4) is 0 Å². The minimum atomic E-state index is -3.76. The van der Waals surface area contributed by atoms with Crippen molar-refractivity contribution in [2.75, 3.05) is 19.6 Å². The minimum absolute atomic E-state index is 0.127. The first-order valence-electron chi connectivity index (χ1n) is 9.33. The summed E-state index contributed by atoms with van der Waals surface area (Å²) in [7, 11) is -3.76. The molecule has 0 bridgehead atoms. The number of nitrogens with zero attached hydrogens (tertiary/aromatic N) is 2. The Bertz CT molecular complexity index is 846. The van der Waals surface area contributed by atoms with Crippen LogP contribution in [0.1, 0.15) is 25.3 Å². The van der Waals surface area contributed by atoms with Gasteiger partial charge in [-0.3, -0.25) is 4.79 Å². The molecule has 0 spiro atoms. The summed E-state index contributed by atoms with van der Waals surface area (Å²) in [5.74, 6) is 0.486. The molecule has 3 rings (SSSR count). The van der Waals surface area contributed by atoms with Crippen molar-refractivity contribution >= 4 is 15.9 Å². The quantitative estimate of drug-likeness (QED) is 0.766. The molecule has 1 amide bonds. The summed E-state index contributed by atoms with van der Waals surface area (Å²) in [6.07, 6.45) is 1.94. The molecule has 1 aliphatic rings. The molecule has 2 aromatic rings. The third-order valence-electron chi connectivity index (χ3n) is 5.03. The molecule has 0 radical (unpaired) electrons. The SMILES string of the molecule is CC1CCN(C(=O)CN(Cc2ccccc2)S(=O)(=O)c2ccccc2)CC1. The van der Waals surface area contributed by atoms with Gasteiger partial charge in [-0.2, -0.15) is 4.31 Å². The van der Waals surface area contributed by atoms with Gasteiger partial charge >= 0.3 is 0 Å². The number of hydrogen-bond acceptors (Lipinski definition) is 3. The second kappa shape index (κ2) is 8.67. The van der Waals surface area contributed by atoms with E-state index in [9.17, 15) is 13.2 Å². The van der Waals surface area contributed by atoms with Crippen molar-refractivity contribution in [3.63, 3.8) is 0 Å². The topological polar surface area (TPSA) is 57.7 Å². The van der Waals surface area contributed by atoms with Crippen molar-refractivity contribution in [3.05, 3.63) is 66.2 Å². The Balaban J connectivity index is 1.82. The van der Waals surface area contributed by atoms with Gasteiger partial charge < -0.3 is 4.90 Å². The molecule has 1 heterocycles. The van der Waals surface area contributed by atoms with E-state index in [1.165, 1.54) is 4.31 Å². The first-order chi connectivity index (χ1) is 13.0. The fourth-order valence-corrected chi connectivity index (χ4v) is 4.66. The number of carbonyl (C=O) groups is 1. The van der Waals surface area contributed by atoms with Crippen molar-refractivity contribution in [2.24, 2.45) is 5.92 Å². The zero-order valence-corrected chi connectivity index (χ0v) is 16.4. The van der Waals surface area contributed by atoms with Gasteiger partial charge in [-0.05, 0) is 36.5 Å². The first kappa shape index (κ1) is 19.6. The number of hydrogen-bond donors (Lipinski definition) is 0. The molecule has 2 aromatic carbocycles. The number of amides is 1. The van der Waals surface area contributed by atoms with E-state index < -0.39 is 10.0 Å². The van der Waals surface area contributed by atoms with Crippen molar-refractivity contribution in [1.82, 2.24) is 9.21 Å². The maximum absolute atomic E-state index is 13.2. The lowest BCUT2D eigenvalue weighted by Gasteiger charge is -2.32. The highest BCUT2D eigenvalue weighted by atomic mass is 32.2. The monoisotopic (exact) mass is 386 g/mol. The fraction of sp³-hybridized carbons (Fsp3) is 0.381. The van der Waals surface area contributed by atoms with Crippen LogP contribution in [0.2, 0.25) is 0 Å². The predicted octanol–water partition coefficient (Wildman–Crippen LogP) is 3.14. The Morgan fingerprint density at radius 2 is 1.56 bits per heavy atom. The van der Waals surface area contributed by atoms with E-state index in [1.54, 1.807) is 35.2 Å². The van der Waals surface area contributed by atoms with E-state index in [1.807, 2.05) is 30.3 Å². The smallest absolute Gasteiger partial charge is 0.243 e. The lowest BCUT2D eigenvalue weighted by atomic mass is 9.99. The maximum Gasteiger partial charge on any atom is 0.243 e. The molecule has 1 saturated heterocycles. The van der Waals surface area contributed by atoms with Gasteiger partial charge in [0.2, 0.25) is 15.9 Å². The van der Waals surface area contributed by atoms with E-state index in [0.29, 0.717) is 19.0 Å². The summed E-state index contributed by atoms with van der Waals surface area (Å²) in [4.78, 5) is 14.8. The summed E-state index contributed by atoms with van der Waals surface area (Å²) in [5.41, 5.74) is 0.858. The third kappa shape index (κ3) is 4.96. The van der Waals surface area contributed by atoms with Crippen LogP contribution < -0.4 is 0 Å². The van der Waals surface area contributed by atoms with Gasteiger partial charge in [0.25, 0.3) is 0 Å². The molecule has 0 saturated carbocycles. The minimum Gasteiger partial charge on any atom is -0.342 e. The van der Waals surface area contributed by atoms with Crippen molar-refractivity contribution < 1.29 is 13.2 Å². The van der Waals surface area contributed by atoms with Gasteiger partial charge in [0, 0.05) is 19.6 Å². The van der Waals surface area contributed by atoms with Gasteiger partial charge in [0.1, 0.15) is 0 Å². The van der Waals surface area contributed by atoms with Gasteiger partial charge in [-0.25, -0.2) is 8.42 Å².